The summed E-state index contributed by atoms with van der Waals surface area (Å²) in [6.45, 7) is 5.46. The van der Waals surface area contributed by atoms with Crippen LogP contribution in [0.1, 0.15) is 13.8 Å². The highest BCUT2D eigenvalue weighted by atomic mass is 35.5. The molecule has 0 amide bonds. The fraction of sp³-hybridized carbons (Fsp3) is 1.00. The summed E-state index contributed by atoms with van der Waals surface area (Å²) in [7, 11) is -2.74. The zero-order valence-corrected chi connectivity index (χ0v) is 7.98. The number of ether oxygens (including phenoxy) is 1. The monoisotopic (exact) mass is 186 g/mol. The highest BCUT2D eigenvalue weighted by Crippen LogP contribution is 2.49. The van der Waals surface area contributed by atoms with Gasteiger partial charge in [-0.1, -0.05) is 0 Å². The largest absolute Gasteiger partial charge is 0.369 e. The average Bonchev–Trinajstić information content (AvgIpc) is 1.89. The second kappa shape index (κ2) is 4.35. The van der Waals surface area contributed by atoms with Gasteiger partial charge in [0.15, 0.2) is 0 Å². The molecule has 0 spiro atoms. The molecule has 10 heavy (non-hydrogen) atoms. The van der Waals surface area contributed by atoms with Gasteiger partial charge in [0.05, 0.1) is 11.9 Å². The molecular formula is C5H12ClO3P. The van der Waals surface area contributed by atoms with E-state index in [1.165, 1.54) is 6.66 Å². The molecule has 0 heterocycles. The molecule has 0 bridgehead atoms. The van der Waals surface area contributed by atoms with Crippen LogP contribution < -0.4 is 0 Å². The minimum absolute atomic E-state index is 0.421. The summed E-state index contributed by atoms with van der Waals surface area (Å²) in [5, 5.41) is 0. The minimum Gasteiger partial charge on any atom is -0.369 e. The fourth-order valence-corrected chi connectivity index (χ4v) is 1.30. The normalized spacial score (nSPS) is 20.0. The Hall–Kier alpha value is 0.440. The van der Waals surface area contributed by atoms with E-state index in [9.17, 15) is 4.57 Å². The maximum Gasteiger partial charge on any atom is 0.245 e. The highest BCUT2D eigenvalue weighted by molar-refractivity contribution is 7.59. The summed E-state index contributed by atoms with van der Waals surface area (Å²) in [5.74, 6) is -0.421. The van der Waals surface area contributed by atoms with Gasteiger partial charge in [-0.3, -0.25) is 4.57 Å². The van der Waals surface area contributed by atoms with E-state index < -0.39 is 13.2 Å². The molecule has 0 aromatic rings. The van der Waals surface area contributed by atoms with Crippen molar-refractivity contribution in [2.24, 2.45) is 0 Å². The first kappa shape index (κ1) is 10.4. The Balaban J connectivity index is 3.91. The molecule has 0 N–H and O–H groups in total. The molecule has 2 atom stereocenters. The van der Waals surface area contributed by atoms with Crippen LogP contribution in [0.3, 0.4) is 0 Å². The van der Waals surface area contributed by atoms with E-state index in [0.29, 0.717) is 6.61 Å². The van der Waals surface area contributed by atoms with Gasteiger partial charge >= 0.3 is 0 Å². The van der Waals surface area contributed by atoms with Crippen molar-refractivity contribution in [3.05, 3.63) is 0 Å². The third-order valence-electron chi connectivity index (χ3n) is 1.21. The van der Waals surface area contributed by atoms with Gasteiger partial charge in [0.2, 0.25) is 7.37 Å². The Bertz CT molecular complexity index is 139. The van der Waals surface area contributed by atoms with Crippen molar-refractivity contribution >= 4 is 19.2 Å². The van der Waals surface area contributed by atoms with Gasteiger partial charge in [-0.05, 0) is 13.8 Å². The molecule has 0 saturated heterocycles. The fourth-order valence-electron chi connectivity index (χ4n) is 0.433. The Morgan fingerprint density at radius 3 is 2.50 bits per heavy atom. The maximum absolute atomic E-state index is 11.2. The van der Waals surface area contributed by atoms with Crippen LogP contribution in [0.4, 0.5) is 0 Å². The lowest BCUT2D eigenvalue weighted by Gasteiger charge is -2.16. The van der Waals surface area contributed by atoms with Crippen LogP contribution in [0, 0.1) is 0 Å². The molecule has 5 heteroatoms. The first-order chi connectivity index (χ1) is 4.54. The molecule has 0 fully saturated rings. The van der Waals surface area contributed by atoms with Gasteiger partial charge in [0, 0.05) is 13.3 Å². The summed E-state index contributed by atoms with van der Waals surface area (Å²) in [6, 6.07) is 0. The van der Waals surface area contributed by atoms with Gasteiger partial charge in [-0.2, -0.15) is 0 Å². The predicted molar refractivity (Wildman–Crippen MR) is 41.6 cm³/mol. The maximum atomic E-state index is 11.2. The van der Waals surface area contributed by atoms with Gasteiger partial charge < -0.3 is 4.74 Å². The van der Waals surface area contributed by atoms with Crippen LogP contribution in [0.5, 0.6) is 0 Å². The summed E-state index contributed by atoms with van der Waals surface area (Å²) in [5.41, 5.74) is 0. The third-order valence-corrected chi connectivity index (χ3v) is 3.77. The lowest BCUT2D eigenvalue weighted by molar-refractivity contribution is 0.122. The molecule has 0 radical (unpaired) electrons. The smallest absolute Gasteiger partial charge is 0.245 e. The lowest BCUT2D eigenvalue weighted by Crippen LogP contribution is -2.07. The molecule has 0 aliphatic heterocycles. The quantitative estimate of drug-likeness (QED) is 0.633. The number of hydrogen-bond donors (Lipinski definition) is 0. The van der Waals surface area contributed by atoms with Crippen LogP contribution >= 0.6 is 19.2 Å². The van der Waals surface area contributed by atoms with Crippen LogP contribution in [-0.2, 0) is 13.4 Å². The minimum atomic E-state index is -2.74. The first-order valence-corrected chi connectivity index (χ1v) is 5.48. The Kier molecular flexibility index (Phi) is 4.54. The Morgan fingerprint density at radius 2 is 2.20 bits per heavy atom. The molecule has 0 aromatic heterocycles. The molecular weight excluding hydrogens is 174 g/mol. The Morgan fingerprint density at radius 1 is 1.70 bits per heavy atom. The van der Waals surface area contributed by atoms with Crippen molar-refractivity contribution in [2.75, 3.05) is 13.3 Å². The molecule has 0 aliphatic carbocycles. The van der Waals surface area contributed by atoms with Crippen LogP contribution in [0.15, 0.2) is 0 Å². The molecule has 2 unspecified atom stereocenters. The Labute approximate surface area is 66.3 Å². The summed E-state index contributed by atoms with van der Waals surface area (Å²) in [4.78, 5) is 0. The van der Waals surface area contributed by atoms with Crippen LogP contribution in [-0.4, -0.2) is 19.1 Å². The van der Waals surface area contributed by atoms with Crippen LogP contribution in [0.2, 0.25) is 0 Å². The van der Waals surface area contributed by atoms with Crippen molar-refractivity contribution in [3.63, 3.8) is 0 Å². The van der Waals surface area contributed by atoms with Crippen molar-refractivity contribution in [3.8, 4) is 0 Å². The summed E-state index contributed by atoms with van der Waals surface area (Å²) >= 11 is 4.98. The highest BCUT2D eigenvalue weighted by Gasteiger charge is 2.25. The van der Waals surface area contributed by atoms with Gasteiger partial charge in [0.1, 0.15) is 5.85 Å². The lowest BCUT2D eigenvalue weighted by atomic mass is 10.8. The van der Waals surface area contributed by atoms with E-state index in [1.807, 2.05) is 6.92 Å². The SMILES string of the molecule is CCOC(C)P(C)(=O)OCl. The summed E-state index contributed by atoms with van der Waals surface area (Å²) in [6.07, 6.45) is 0. The molecule has 0 aromatic carbocycles. The average molecular weight is 187 g/mol. The topological polar surface area (TPSA) is 35.5 Å². The van der Waals surface area contributed by atoms with E-state index in [1.54, 1.807) is 6.92 Å². The predicted octanol–water partition coefficient (Wildman–Crippen LogP) is 2.45. The second-order valence-corrected chi connectivity index (χ2v) is 5.13. The molecule has 0 saturated carbocycles. The van der Waals surface area contributed by atoms with Crippen LogP contribution in [0.25, 0.3) is 0 Å². The number of rotatable bonds is 4. The number of halogens is 1. The summed E-state index contributed by atoms with van der Waals surface area (Å²) < 4.78 is 20.5. The van der Waals surface area contributed by atoms with Crippen molar-refractivity contribution in [1.82, 2.24) is 0 Å². The van der Waals surface area contributed by atoms with E-state index in [2.05, 4.69) is 4.08 Å². The zero-order chi connectivity index (χ0) is 8.20. The van der Waals surface area contributed by atoms with E-state index in [0.717, 1.165) is 0 Å². The van der Waals surface area contributed by atoms with Crippen molar-refractivity contribution in [2.45, 2.75) is 19.7 Å². The zero-order valence-electron chi connectivity index (χ0n) is 6.33. The molecule has 0 aliphatic rings. The van der Waals surface area contributed by atoms with E-state index in [-0.39, 0.29) is 0 Å². The van der Waals surface area contributed by atoms with E-state index >= 15 is 0 Å². The van der Waals surface area contributed by atoms with Crippen molar-refractivity contribution < 1.29 is 13.4 Å². The van der Waals surface area contributed by atoms with E-state index in [4.69, 9.17) is 16.6 Å². The van der Waals surface area contributed by atoms with Gasteiger partial charge in [0.25, 0.3) is 0 Å². The molecule has 3 nitrogen and oxygen atoms in total. The first-order valence-electron chi connectivity index (χ1n) is 3.03. The van der Waals surface area contributed by atoms with Gasteiger partial charge in [-0.25, -0.2) is 4.08 Å². The molecule has 0 rings (SSSR count). The second-order valence-electron chi connectivity index (χ2n) is 2.03. The van der Waals surface area contributed by atoms with Gasteiger partial charge in [-0.15, -0.1) is 0 Å². The van der Waals surface area contributed by atoms with Crippen molar-refractivity contribution in [1.29, 1.82) is 0 Å². The standard InChI is InChI=1S/C5H12ClO3P/c1-4-8-5(2)10(3,7)9-6/h5H,4H2,1-3H3. The number of hydrogen-bond acceptors (Lipinski definition) is 3. The third kappa shape index (κ3) is 3.02. The molecule has 62 valence electrons.